The van der Waals surface area contributed by atoms with Crippen LogP contribution in [-0.4, -0.2) is 5.11 Å². The smallest absolute Gasteiger partial charge is 0.194 e. The third-order valence-electron chi connectivity index (χ3n) is 2.48. The zero-order chi connectivity index (χ0) is 9.42. The van der Waals surface area contributed by atoms with Crippen molar-refractivity contribution in [3.63, 3.8) is 0 Å². The molecular weight excluding hydrogens is 164 g/mol. The molecule has 2 heteroatoms. The van der Waals surface area contributed by atoms with E-state index in [0.717, 1.165) is 35.6 Å². The Balaban J connectivity index is 2.40. The van der Waals surface area contributed by atoms with Gasteiger partial charge in [0.15, 0.2) is 5.43 Å². The first-order chi connectivity index (χ1) is 6.25. The molecule has 13 heavy (non-hydrogen) atoms. The summed E-state index contributed by atoms with van der Waals surface area (Å²) >= 11 is 0. The van der Waals surface area contributed by atoms with Crippen molar-refractivity contribution in [3.05, 3.63) is 27.9 Å². The predicted molar refractivity (Wildman–Crippen MR) is 52.9 cm³/mol. The number of hydrogen-bond donors (Lipinski definition) is 1. The molecule has 0 spiro atoms. The quantitative estimate of drug-likeness (QED) is 0.777. The van der Waals surface area contributed by atoms with Crippen LogP contribution in [-0.2, 0) is 6.42 Å². The van der Waals surface area contributed by atoms with Gasteiger partial charge in [-0.25, -0.2) is 0 Å². The molecule has 2 nitrogen and oxygen atoms in total. The van der Waals surface area contributed by atoms with Crippen LogP contribution < -0.4 is 5.43 Å². The lowest BCUT2D eigenvalue weighted by Gasteiger charge is -2.00. The van der Waals surface area contributed by atoms with Gasteiger partial charge in [-0.15, -0.1) is 0 Å². The summed E-state index contributed by atoms with van der Waals surface area (Å²) in [6.45, 7) is 2.10. The number of aromatic hydroxyl groups is 1. The van der Waals surface area contributed by atoms with Gasteiger partial charge in [0.1, 0.15) is 5.75 Å². The van der Waals surface area contributed by atoms with Crippen molar-refractivity contribution in [2.24, 2.45) is 0 Å². The fraction of sp³-hybridized carbons (Fsp3) is 0.364. The van der Waals surface area contributed by atoms with Crippen LogP contribution in [0.3, 0.4) is 0 Å². The maximum Gasteiger partial charge on any atom is 0.194 e. The Kier molecular flexibility index (Phi) is 1.83. The van der Waals surface area contributed by atoms with E-state index in [1.165, 1.54) is 0 Å². The van der Waals surface area contributed by atoms with Crippen molar-refractivity contribution in [3.8, 4) is 5.75 Å². The van der Waals surface area contributed by atoms with Crippen LogP contribution in [0.1, 0.15) is 25.3 Å². The second-order valence-electron chi connectivity index (χ2n) is 3.42. The number of hydrogen-bond acceptors (Lipinski definition) is 2. The summed E-state index contributed by atoms with van der Waals surface area (Å²) in [5.41, 5.74) is 0.968. The van der Waals surface area contributed by atoms with Crippen LogP contribution in [0.4, 0.5) is 0 Å². The Morgan fingerprint density at radius 1 is 1.38 bits per heavy atom. The summed E-state index contributed by atoms with van der Waals surface area (Å²) in [5.74, 6) is 0.276. The Morgan fingerprint density at radius 3 is 2.85 bits per heavy atom. The molecule has 0 atom stereocenters. The third kappa shape index (κ3) is 1.22. The highest BCUT2D eigenvalue weighted by molar-refractivity contribution is 6.01. The maximum absolute atomic E-state index is 11.2. The van der Waals surface area contributed by atoms with Gasteiger partial charge in [-0.3, -0.25) is 4.79 Å². The topological polar surface area (TPSA) is 37.3 Å². The van der Waals surface area contributed by atoms with Gasteiger partial charge in [-0.2, -0.15) is 0 Å². The van der Waals surface area contributed by atoms with E-state index in [1.807, 2.05) is 0 Å². The van der Waals surface area contributed by atoms with Gasteiger partial charge >= 0.3 is 0 Å². The zero-order valence-electron chi connectivity index (χ0n) is 7.63. The molecule has 0 unspecified atom stereocenters. The Morgan fingerprint density at radius 2 is 2.15 bits per heavy atom. The number of unbranched alkanes of at least 4 members (excludes halogenated alkanes) is 1. The number of fused-ring (bicyclic) bond motifs is 1. The molecule has 0 fully saturated rings. The predicted octanol–water partition coefficient (Wildman–Crippen LogP) is 2.12. The monoisotopic (exact) mass is 176 g/mol. The number of benzene rings is 1. The molecule has 2 aromatic rings. The molecule has 2 aromatic carbocycles. The van der Waals surface area contributed by atoms with Crippen LogP contribution in [0.15, 0.2) is 16.9 Å². The van der Waals surface area contributed by atoms with Gasteiger partial charge in [0.25, 0.3) is 0 Å². The van der Waals surface area contributed by atoms with Crippen molar-refractivity contribution in [1.82, 2.24) is 0 Å². The van der Waals surface area contributed by atoms with E-state index >= 15 is 0 Å². The molecule has 0 aliphatic carbocycles. The average Bonchev–Trinajstić information content (AvgIpc) is 2.76. The highest BCUT2D eigenvalue weighted by Gasteiger charge is 2.18. The van der Waals surface area contributed by atoms with Crippen molar-refractivity contribution in [2.45, 2.75) is 26.2 Å². The van der Waals surface area contributed by atoms with Gasteiger partial charge in [-0.1, -0.05) is 13.3 Å². The minimum absolute atomic E-state index is 0.117. The molecule has 0 saturated heterocycles. The lowest BCUT2D eigenvalue weighted by molar-refractivity contribution is 0.468. The van der Waals surface area contributed by atoms with Crippen molar-refractivity contribution in [1.29, 1.82) is 0 Å². The summed E-state index contributed by atoms with van der Waals surface area (Å²) in [5, 5.41) is 11.1. The summed E-state index contributed by atoms with van der Waals surface area (Å²) in [6, 6.07) is 3.32. The summed E-state index contributed by atoms with van der Waals surface area (Å²) in [7, 11) is 0. The maximum atomic E-state index is 11.2. The second kappa shape index (κ2) is 2.87. The highest BCUT2D eigenvalue weighted by atomic mass is 16.3. The molecule has 0 amide bonds. The van der Waals surface area contributed by atoms with Gasteiger partial charge in [-0.05, 0) is 25.0 Å². The molecule has 0 heterocycles. The van der Waals surface area contributed by atoms with Crippen molar-refractivity contribution < 1.29 is 5.11 Å². The molecular formula is C11H12O2. The number of aryl methyl sites for hydroxylation is 1. The molecule has 0 aliphatic rings. The number of phenolic OH excluding ortho intramolecular Hbond substituents is 1. The van der Waals surface area contributed by atoms with E-state index in [1.54, 1.807) is 12.1 Å². The fourth-order valence-corrected chi connectivity index (χ4v) is 1.64. The molecule has 2 rings (SSSR count). The highest BCUT2D eigenvalue weighted by Crippen LogP contribution is 2.29. The minimum Gasteiger partial charge on any atom is -0.508 e. The lowest BCUT2D eigenvalue weighted by atomic mass is 10.1. The van der Waals surface area contributed by atoms with Gasteiger partial charge < -0.3 is 5.11 Å². The first-order valence-electron chi connectivity index (χ1n) is 4.65. The molecule has 0 radical (unpaired) electrons. The Hall–Kier alpha value is -1.31. The molecule has 1 N–H and O–H groups in total. The van der Waals surface area contributed by atoms with Crippen LogP contribution in [0.2, 0.25) is 0 Å². The van der Waals surface area contributed by atoms with Gasteiger partial charge in [0.05, 0.1) is 0 Å². The first kappa shape index (κ1) is 8.30. The molecule has 0 bridgehead atoms. The molecule has 0 aromatic heterocycles. The van der Waals surface area contributed by atoms with Crippen molar-refractivity contribution in [2.75, 3.05) is 0 Å². The summed E-state index contributed by atoms with van der Waals surface area (Å²) in [4.78, 5) is 11.2. The zero-order valence-corrected chi connectivity index (χ0v) is 7.63. The van der Waals surface area contributed by atoms with E-state index in [4.69, 9.17) is 0 Å². The van der Waals surface area contributed by atoms with Gasteiger partial charge in [0, 0.05) is 16.3 Å². The van der Waals surface area contributed by atoms with E-state index < -0.39 is 0 Å². The van der Waals surface area contributed by atoms with Crippen LogP contribution in [0.5, 0.6) is 5.75 Å². The fourth-order valence-electron chi connectivity index (χ4n) is 1.64. The standard InChI is InChI=1S/C11H12O2/c1-2-3-4-7-9(12)6-5-8-10(7)11(8)13/h5-6,12H,2-4H2,1H3. The lowest BCUT2D eigenvalue weighted by Crippen LogP contribution is -1.85. The number of phenols is 1. The summed E-state index contributed by atoms with van der Waals surface area (Å²) < 4.78 is 0. The van der Waals surface area contributed by atoms with Crippen LogP contribution in [0, 0.1) is 0 Å². The largest absolute Gasteiger partial charge is 0.508 e. The van der Waals surface area contributed by atoms with E-state index in [9.17, 15) is 9.90 Å². The first-order valence-corrected chi connectivity index (χ1v) is 4.65. The normalized spacial score (nSPS) is 11.5. The van der Waals surface area contributed by atoms with Gasteiger partial charge in [0.2, 0.25) is 0 Å². The summed E-state index contributed by atoms with van der Waals surface area (Å²) in [6.07, 6.45) is 2.92. The van der Waals surface area contributed by atoms with Crippen molar-refractivity contribution >= 4 is 10.8 Å². The molecule has 0 saturated carbocycles. The number of rotatable bonds is 3. The Labute approximate surface area is 76.5 Å². The Bertz CT molecular complexity index is 447. The third-order valence-corrected chi connectivity index (χ3v) is 2.48. The molecule has 0 aliphatic heterocycles. The van der Waals surface area contributed by atoms with E-state index in [2.05, 4.69) is 6.92 Å². The van der Waals surface area contributed by atoms with E-state index in [0.29, 0.717) is 0 Å². The molecule has 68 valence electrons. The minimum atomic E-state index is 0.117. The second-order valence-corrected chi connectivity index (χ2v) is 3.42. The SMILES string of the molecule is CCCCc1c(O)ccc2c(=O)c12. The van der Waals surface area contributed by atoms with Crippen LogP contribution in [0.25, 0.3) is 10.8 Å². The van der Waals surface area contributed by atoms with E-state index in [-0.39, 0.29) is 11.2 Å². The average molecular weight is 176 g/mol. The van der Waals surface area contributed by atoms with Crippen LogP contribution >= 0.6 is 0 Å².